The first-order chi connectivity index (χ1) is 11.8. The highest BCUT2D eigenvalue weighted by Gasteiger charge is 2.41. The molecule has 8 heteroatoms. The van der Waals surface area contributed by atoms with Gasteiger partial charge in [0.25, 0.3) is 0 Å². The summed E-state index contributed by atoms with van der Waals surface area (Å²) in [5, 5.41) is 5.57. The van der Waals surface area contributed by atoms with Crippen LogP contribution in [0.1, 0.15) is 40.0 Å². The van der Waals surface area contributed by atoms with Crippen molar-refractivity contribution in [1.82, 2.24) is 20.4 Å². The third-order valence-corrected chi connectivity index (χ3v) is 4.69. The average Bonchev–Trinajstić information content (AvgIpc) is 2.54. The first-order valence-corrected chi connectivity index (χ1v) is 9.03. The second kappa shape index (κ2) is 8.51. The van der Waals surface area contributed by atoms with Gasteiger partial charge in [0.15, 0.2) is 0 Å². The first-order valence-electron chi connectivity index (χ1n) is 9.03. The second-order valence-corrected chi connectivity index (χ2v) is 7.17. The number of nitrogens with zero attached hydrogens (tertiary/aromatic N) is 2. The van der Waals surface area contributed by atoms with Gasteiger partial charge in [0.05, 0.1) is 18.8 Å². The Morgan fingerprint density at radius 2 is 1.80 bits per heavy atom. The Kier molecular flexibility index (Phi) is 6.64. The zero-order valence-electron chi connectivity index (χ0n) is 15.5. The van der Waals surface area contributed by atoms with Gasteiger partial charge in [-0.05, 0) is 26.7 Å². The molecule has 0 saturated carbocycles. The quantitative estimate of drug-likeness (QED) is 0.761. The molecule has 1 spiro atoms. The van der Waals surface area contributed by atoms with E-state index in [2.05, 4.69) is 10.6 Å². The lowest BCUT2D eigenvalue weighted by Gasteiger charge is -2.47. The molecule has 2 rings (SSSR count). The van der Waals surface area contributed by atoms with Crippen LogP contribution in [0, 0.1) is 0 Å². The van der Waals surface area contributed by atoms with Crippen LogP contribution in [0.2, 0.25) is 0 Å². The summed E-state index contributed by atoms with van der Waals surface area (Å²) < 4.78 is 6.02. The van der Waals surface area contributed by atoms with Crippen molar-refractivity contribution in [2.24, 2.45) is 0 Å². The number of carbonyl (C=O) groups is 3. The van der Waals surface area contributed by atoms with Gasteiger partial charge in [0.1, 0.15) is 0 Å². The molecule has 0 atom stereocenters. The van der Waals surface area contributed by atoms with Gasteiger partial charge in [-0.2, -0.15) is 0 Å². The molecule has 4 amide bonds. The van der Waals surface area contributed by atoms with Crippen molar-refractivity contribution < 1.29 is 19.1 Å². The van der Waals surface area contributed by atoms with E-state index in [1.807, 2.05) is 23.6 Å². The van der Waals surface area contributed by atoms with E-state index in [1.54, 1.807) is 0 Å². The summed E-state index contributed by atoms with van der Waals surface area (Å²) in [6, 6.07) is 0.0564. The van der Waals surface area contributed by atoms with Crippen molar-refractivity contribution in [3.63, 3.8) is 0 Å². The van der Waals surface area contributed by atoms with Crippen LogP contribution < -0.4 is 10.6 Å². The summed E-state index contributed by atoms with van der Waals surface area (Å²) in [4.78, 5) is 39.0. The van der Waals surface area contributed by atoms with Gasteiger partial charge in [-0.25, -0.2) is 4.79 Å². The summed E-state index contributed by atoms with van der Waals surface area (Å²) >= 11 is 0. The third kappa shape index (κ3) is 5.59. The van der Waals surface area contributed by atoms with Crippen LogP contribution in [0.3, 0.4) is 0 Å². The number of piperidine rings is 1. The molecule has 0 aromatic heterocycles. The van der Waals surface area contributed by atoms with Crippen molar-refractivity contribution in [3.05, 3.63) is 0 Å². The molecular weight excluding hydrogens is 324 g/mol. The van der Waals surface area contributed by atoms with Crippen LogP contribution >= 0.6 is 0 Å². The minimum Gasteiger partial charge on any atom is -0.371 e. The predicted molar refractivity (Wildman–Crippen MR) is 93.0 cm³/mol. The molecule has 2 fully saturated rings. The predicted octanol–water partition coefficient (Wildman–Crippen LogP) is 0.324. The fraction of sp³-hybridized carbons (Fsp3) is 0.824. The maximum absolute atomic E-state index is 12.2. The molecule has 0 aromatic carbocycles. The zero-order valence-corrected chi connectivity index (χ0v) is 15.5. The number of amides is 4. The number of nitrogens with one attached hydrogen (secondary N) is 2. The number of urea groups is 1. The van der Waals surface area contributed by atoms with Gasteiger partial charge >= 0.3 is 6.03 Å². The second-order valence-electron chi connectivity index (χ2n) is 7.17. The molecular formula is C17H30N4O4. The third-order valence-electron chi connectivity index (χ3n) is 4.69. The first kappa shape index (κ1) is 19.5. The van der Waals surface area contributed by atoms with Gasteiger partial charge in [0, 0.05) is 45.6 Å². The van der Waals surface area contributed by atoms with Crippen LogP contribution in [0.25, 0.3) is 0 Å². The SMILES string of the molecule is CC(=O)NCCC(=O)N1CCC2(CC1)CN(C(=O)NC(C)C)CCO2. The Morgan fingerprint density at radius 1 is 1.12 bits per heavy atom. The van der Waals surface area contributed by atoms with Crippen LogP contribution in [0.4, 0.5) is 4.79 Å². The highest BCUT2D eigenvalue weighted by atomic mass is 16.5. The molecule has 0 aliphatic carbocycles. The lowest BCUT2D eigenvalue weighted by Crippen LogP contribution is -2.60. The van der Waals surface area contributed by atoms with Gasteiger partial charge in [-0.15, -0.1) is 0 Å². The summed E-state index contributed by atoms with van der Waals surface area (Å²) in [5.74, 6) is -0.0745. The van der Waals surface area contributed by atoms with E-state index < -0.39 is 0 Å². The van der Waals surface area contributed by atoms with Crippen LogP contribution in [0.5, 0.6) is 0 Å². The molecule has 2 aliphatic rings. The van der Waals surface area contributed by atoms with Gasteiger partial charge in [-0.1, -0.05) is 0 Å². The fourth-order valence-corrected chi connectivity index (χ4v) is 3.33. The molecule has 2 aliphatic heterocycles. The Labute approximate surface area is 149 Å². The number of likely N-dealkylation sites (tertiary alicyclic amines) is 1. The van der Waals surface area contributed by atoms with Gasteiger partial charge < -0.3 is 25.2 Å². The summed E-state index contributed by atoms with van der Waals surface area (Å²) in [6.07, 6.45) is 1.77. The van der Waals surface area contributed by atoms with Gasteiger partial charge in [-0.3, -0.25) is 9.59 Å². The summed E-state index contributed by atoms with van der Waals surface area (Å²) in [7, 11) is 0. The van der Waals surface area contributed by atoms with E-state index >= 15 is 0 Å². The van der Waals surface area contributed by atoms with E-state index in [0.29, 0.717) is 45.8 Å². The number of rotatable bonds is 4. The maximum Gasteiger partial charge on any atom is 0.317 e. The molecule has 0 aromatic rings. The Hall–Kier alpha value is -1.83. The molecule has 8 nitrogen and oxygen atoms in total. The smallest absolute Gasteiger partial charge is 0.317 e. The molecule has 0 bridgehead atoms. The molecule has 2 saturated heterocycles. The number of hydrogen-bond donors (Lipinski definition) is 2. The standard InChI is InChI=1S/C17H30N4O4/c1-13(2)19-16(24)21-10-11-25-17(12-21)5-8-20(9-6-17)15(23)4-7-18-14(3)22/h13H,4-12H2,1-3H3,(H,18,22)(H,19,24). The van der Waals surface area contributed by atoms with E-state index in [4.69, 9.17) is 4.74 Å². The fourth-order valence-electron chi connectivity index (χ4n) is 3.33. The molecule has 2 N–H and O–H groups in total. The average molecular weight is 354 g/mol. The molecule has 142 valence electrons. The maximum atomic E-state index is 12.2. The lowest BCUT2D eigenvalue weighted by atomic mass is 9.89. The summed E-state index contributed by atoms with van der Waals surface area (Å²) in [6.45, 7) is 8.64. The summed E-state index contributed by atoms with van der Waals surface area (Å²) in [5.41, 5.74) is -0.346. The van der Waals surface area contributed by atoms with Gasteiger partial charge in [0.2, 0.25) is 11.8 Å². The molecule has 2 heterocycles. The van der Waals surface area contributed by atoms with Crippen molar-refractivity contribution >= 4 is 17.8 Å². The van der Waals surface area contributed by atoms with Crippen LogP contribution in [0.15, 0.2) is 0 Å². The number of hydrogen-bond acceptors (Lipinski definition) is 4. The molecule has 0 unspecified atom stereocenters. The molecule has 0 radical (unpaired) electrons. The number of ether oxygens (including phenoxy) is 1. The molecule has 25 heavy (non-hydrogen) atoms. The van der Waals surface area contributed by atoms with Crippen LogP contribution in [-0.4, -0.2) is 78.6 Å². The minimum atomic E-state index is -0.346. The number of morpholine rings is 1. The topological polar surface area (TPSA) is 91.0 Å². The van der Waals surface area contributed by atoms with Crippen molar-refractivity contribution in [1.29, 1.82) is 0 Å². The highest BCUT2D eigenvalue weighted by molar-refractivity contribution is 5.78. The van der Waals surface area contributed by atoms with E-state index in [1.165, 1.54) is 6.92 Å². The highest BCUT2D eigenvalue weighted by Crippen LogP contribution is 2.30. The normalized spacial score (nSPS) is 19.8. The zero-order chi connectivity index (χ0) is 18.4. The monoisotopic (exact) mass is 354 g/mol. The largest absolute Gasteiger partial charge is 0.371 e. The van der Waals surface area contributed by atoms with E-state index in [9.17, 15) is 14.4 Å². The van der Waals surface area contributed by atoms with Crippen molar-refractivity contribution in [2.75, 3.05) is 39.3 Å². The number of carbonyl (C=O) groups excluding carboxylic acids is 3. The Morgan fingerprint density at radius 3 is 2.40 bits per heavy atom. The van der Waals surface area contributed by atoms with Crippen molar-refractivity contribution in [3.8, 4) is 0 Å². The van der Waals surface area contributed by atoms with Crippen molar-refractivity contribution in [2.45, 2.75) is 51.7 Å². The Bertz CT molecular complexity index is 501. The van der Waals surface area contributed by atoms with E-state index in [-0.39, 0.29) is 29.5 Å². The lowest BCUT2D eigenvalue weighted by molar-refractivity contribution is -0.146. The minimum absolute atomic E-state index is 0.0495. The van der Waals surface area contributed by atoms with Crippen LogP contribution in [-0.2, 0) is 14.3 Å². The van der Waals surface area contributed by atoms with E-state index in [0.717, 1.165) is 12.8 Å². The Balaban J connectivity index is 1.82.